The number of guanidine groups is 1. The molecule has 22 heavy (non-hydrogen) atoms. The van der Waals surface area contributed by atoms with Gasteiger partial charge in [0.15, 0.2) is 11.7 Å². The summed E-state index contributed by atoms with van der Waals surface area (Å²) in [5, 5.41) is 0. The van der Waals surface area contributed by atoms with Gasteiger partial charge in [-0.05, 0) is 48.5 Å². The first-order chi connectivity index (χ1) is 9.43. The molecule has 0 heterocycles. The maximum atomic E-state index is 12.6. The largest absolute Gasteiger partial charge is 0.370 e. The topological polar surface area (TPSA) is 84.7 Å². The highest BCUT2D eigenvalue weighted by Gasteiger charge is 2.47. The van der Waals surface area contributed by atoms with E-state index < -0.39 is 11.1 Å². The lowest BCUT2D eigenvalue weighted by atomic mass is 9.77. The standard InChI is InChI=1S/C17H36N4O/c1-14(2,3)12(22)11-21(15(4,5)6)17(9,10)16(7,8)20-13(18)19/h11H2,1-10H3,(H4,18,19,20). The van der Waals surface area contributed by atoms with Gasteiger partial charge in [-0.2, -0.15) is 0 Å². The summed E-state index contributed by atoms with van der Waals surface area (Å²) in [5.74, 6) is 0.269. The molecular formula is C17H36N4O. The number of nitrogens with two attached hydrogens (primary N) is 2. The second kappa shape index (κ2) is 6.19. The zero-order chi connectivity index (χ0) is 18.1. The van der Waals surface area contributed by atoms with E-state index in [4.69, 9.17) is 11.5 Å². The molecule has 0 spiro atoms. The van der Waals surface area contributed by atoms with Crippen molar-refractivity contribution >= 4 is 11.7 Å². The average molecular weight is 313 g/mol. The lowest BCUT2D eigenvalue weighted by Gasteiger charge is -2.53. The van der Waals surface area contributed by atoms with E-state index >= 15 is 0 Å². The highest BCUT2D eigenvalue weighted by molar-refractivity contribution is 5.85. The molecule has 130 valence electrons. The van der Waals surface area contributed by atoms with Crippen LogP contribution >= 0.6 is 0 Å². The van der Waals surface area contributed by atoms with Crippen molar-refractivity contribution in [2.75, 3.05) is 6.54 Å². The summed E-state index contributed by atoms with van der Waals surface area (Å²) < 4.78 is 0. The van der Waals surface area contributed by atoms with Gasteiger partial charge in [-0.1, -0.05) is 20.8 Å². The van der Waals surface area contributed by atoms with E-state index in [1.807, 2.05) is 34.6 Å². The van der Waals surface area contributed by atoms with E-state index in [-0.39, 0.29) is 22.7 Å². The predicted octanol–water partition coefficient (Wildman–Crippen LogP) is 2.53. The lowest BCUT2D eigenvalue weighted by Crippen LogP contribution is -2.65. The van der Waals surface area contributed by atoms with Crippen LogP contribution in [-0.4, -0.2) is 39.8 Å². The van der Waals surface area contributed by atoms with Crippen molar-refractivity contribution in [3.63, 3.8) is 0 Å². The summed E-state index contributed by atoms with van der Waals surface area (Å²) in [5.41, 5.74) is 9.69. The molecule has 5 heteroatoms. The number of aliphatic imine (C=N–C) groups is 1. The Balaban J connectivity index is 5.82. The summed E-state index contributed by atoms with van der Waals surface area (Å²) in [7, 11) is 0. The Hall–Kier alpha value is -1.10. The molecule has 0 aliphatic heterocycles. The van der Waals surface area contributed by atoms with Crippen molar-refractivity contribution in [1.29, 1.82) is 0 Å². The Bertz CT molecular complexity index is 433. The van der Waals surface area contributed by atoms with Crippen molar-refractivity contribution in [3.8, 4) is 0 Å². The summed E-state index contributed by atoms with van der Waals surface area (Å²) in [6.07, 6.45) is 0. The minimum atomic E-state index is -0.530. The van der Waals surface area contributed by atoms with Gasteiger partial charge < -0.3 is 11.5 Å². The number of hydrogen-bond donors (Lipinski definition) is 2. The third-order valence-corrected chi connectivity index (χ3v) is 4.53. The molecule has 4 N–H and O–H groups in total. The van der Waals surface area contributed by atoms with E-state index in [9.17, 15) is 4.79 Å². The normalized spacial score (nSPS) is 14.1. The average Bonchev–Trinajstić information content (AvgIpc) is 2.19. The molecule has 0 saturated heterocycles. The molecule has 0 saturated carbocycles. The van der Waals surface area contributed by atoms with Crippen LogP contribution in [0.1, 0.15) is 69.2 Å². The van der Waals surface area contributed by atoms with Gasteiger partial charge in [0.2, 0.25) is 0 Å². The van der Waals surface area contributed by atoms with Gasteiger partial charge in [0, 0.05) is 16.5 Å². The molecule has 0 aromatic rings. The van der Waals surface area contributed by atoms with Crippen molar-refractivity contribution in [2.45, 2.75) is 85.9 Å². The number of hydrogen-bond acceptors (Lipinski definition) is 3. The maximum Gasteiger partial charge on any atom is 0.186 e. The molecule has 0 atom stereocenters. The van der Waals surface area contributed by atoms with Gasteiger partial charge in [-0.15, -0.1) is 0 Å². The first-order valence-electron chi connectivity index (χ1n) is 7.85. The van der Waals surface area contributed by atoms with Crippen molar-refractivity contribution in [2.24, 2.45) is 21.9 Å². The third-order valence-electron chi connectivity index (χ3n) is 4.53. The van der Waals surface area contributed by atoms with Gasteiger partial charge in [-0.3, -0.25) is 9.69 Å². The summed E-state index contributed by atoms with van der Waals surface area (Å²) in [6, 6.07) is 0. The molecule has 0 aliphatic rings. The van der Waals surface area contributed by atoms with Crippen LogP contribution in [0.3, 0.4) is 0 Å². The smallest absolute Gasteiger partial charge is 0.186 e. The second-order valence-electron chi connectivity index (χ2n) is 9.08. The van der Waals surface area contributed by atoms with Crippen LogP contribution in [0.5, 0.6) is 0 Å². The van der Waals surface area contributed by atoms with E-state index in [0.29, 0.717) is 6.54 Å². The first-order valence-corrected chi connectivity index (χ1v) is 7.85. The van der Waals surface area contributed by atoms with Gasteiger partial charge in [-0.25, -0.2) is 4.99 Å². The molecule has 0 rings (SSSR count). The van der Waals surface area contributed by atoms with Crippen LogP contribution in [0.25, 0.3) is 0 Å². The molecule has 0 radical (unpaired) electrons. The lowest BCUT2D eigenvalue weighted by molar-refractivity contribution is -0.132. The molecule has 0 aromatic carbocycles. The summed E-state index contributed by atoms with van der Waals surface area (Å²) >= 11 is 0. The molecule has 5 nitrogen and oxygen atoms in total. The van der Waals surface area contributed by atoms with Crippen LogP contribution in [0, 0.1) is 5.41 Å². The van der Waals surface area contributed by atoms with Gasteiger partial charge in [0.25, 0.3) is 0 Å². The molecular weight excluding hydrogens is 276 g/mol. The maximum absolute atomic E-state index is 12.6. The summed E-state index contributed by atoms with van der Waals surface area (Å²) in [4.78, 5) is 19.2. The summed E-state index contributed by atoms with van der Waals surface area (Å²) in [6.45, 7) is 20.7. The SMILES string of the molecule is CC(C)(C)C(=O)CN(C(C)(C)C)C(C)(C)C(C)(C)N=C(N)N. The Morgan fingerprint density at radius 3 is 1.59 bits per heavy atom. The first kappa shape index (κ1) is 20.9. The number of Topliss-reactive ketones (excluding diaryl/α,β-unsaturated/α-hetero) is 1. The third kappa shape index (κ3) is 4.97. The van der Waals surface area contributed by atoms with Crippen LogP contribution in [-0.2, 0) is 4.79 Å². The van der Waals surface area contributed by atoms with Gasteiger partial charge in [0.1, 0.15) is 0 Å². The highest BCUT2D eigenvalue weighted by atomic mass is 16.1. The highest BCUT2D eigenvalue weighted by Crippen LogP contribution is 2.36. The van der Waals surface area contributed by atoms with E-state index in [1.54, 1.807) is 0 Å². The number of rotatable bonds is 5. The number of carbonyl (C=O) groups excluding carboxylic acids is 1. The number of carbonyl (C=O) groups is 1. The minimum Gasteiger partial charge on any atom is -0.370 e. The van der Waals surface area contributed by atoms with Crippen LogP contribution in [0.4, 0.5) is 0 Å². The van der Waals surface area contributed by atoms with E-state index in [1.165, 1.54) is 0 Å². The number of nitrogens with zero attached hydrogens (tertiary/aromatic N) is 2. The monoisotopic (exact) mass is 312 g/mol. The molecule has 0 aliphatic carbocycles. The molecule has 0 fully saturated rings. The molecule has 0 bridgehead atoms. The van der Waals surface area contributed by atoms with Crippen molar-refractivity contribution in [1.82, 2.24) is 4.90 Å². The molecule has 0 aromatic heterocycles. The fourth-order valence-corrected chi connectivity index (χ4v) is 2.44. The Kier molecular flexibility index (Phi) is 5.88. The second-order valence-corrected chi connectivity index (χ2v) is 9.08. The quantitative estimate of drug-likeness (QED) is 0.603. The Labute approximate surface area is 136 Å². The zero-order valence-corrected chi connectivity index (χ0v) is 16.2. The van der Waals surface area contributed by atoms with Crippen LogP contribution in [0.15, 0.2) is 4.99 Å². The Morgan fingerprint density at radius 1 is 0.909 bits per heavy atom. The molecule has 0 amide bonds. The minimum absolute atomic E-state index is 0.0640. The van der Waals surface area contributed by atoms with Crippen molar-refractivity contribution in [3.05, 3.63) is 0 Å². The van der Waals surface area contributed by atoms with E-state index in [2.05, 4.69) is 44.5 Å². The Morgan fingerprint density at radius 2 is 1.32 bits per heavy atom. The van der Waals surface area contributed by atoms with Gasteiger partial charge in [0.05, 0.1) is 12.1 Å². The zero-order valence-electron chi connectivity index (χ0n) is 16.2. The predicted molar refractivity (Wildman–Crippen MR) is 94.9 cm³/mol. The number of ketones is 1. The van der Waals surface area contributed by atoms with Crippen LogP contribution < -0.4 is 11.5 Å². The van der Waals surface area contributed by atoms with Gasteiger partial charge >= 0.3 is 0 Å². The van der Waals surface area contributed by atoms with Crippen LogP contribution in [0.2, 0.25) is 0 Å². The fourth-order valence-electron chi connectivity index (χ4n) is 2.44. The fraction of sp³-hybridized carbons (Fsp3) is 0.882. The van der Waals surface area contributed by atoms with E-state index in [0.717, 1.165) is 0 Å². The molecule has 0 unspecified atom stereocenters. The van der Waals surface area contributed by atoms with Crippen molar-refractivity contribution < 1.29 is 4.79 Å².